The molecule has 4 rings (SSSR count). The summed E-state index contributed by atoms with van der Waals surface area (Å²) in [5.41, 5.74) is 1.17. The van der Waals surface area contributed by atoms with Gasteiger partial charge < -0.3 is 20.4 Å². The van der Waals surface area contributed by atoms with Gasteiger partial charge in [-0.05, 0) is 43.2 Å². The molecule has 31 heavy (non-hydrogen) atoms. The maximum atomic E-state index is 13.3. The van der Waals surface area contributed by atoms with Gasteiger partial charge in [-0.3, -0.25) is 4.79 Å². The van der Waals surface area contributed by atoms with Crippen LogP contribution >= 0.6 is 0 Å². The van der Waals surface area contributed by atoms with E-state index in [1.165, 1.54) is 5.69 Å². The van der Waals surface area contributed by atoms with Gasteiger partial charge in [0.1, 0.15) is 0 Å². The molecule has 8 heteroatoms. The molecule has 2 aliphatic carbocycles. The molecule has 170 valence electrons. The summed E-state index contributed by atoms with van der Waals surface area (Å²) >= 11 is 0. The van der Waals surface area contributed by atoms with E-state index in [0.717, 1.165) is 25.9 Å². The summed E-state index contributed by atoms with van der Waals surface area (Å²) < 4.78 is 26.7. The molecule has 6 nitrogen and oxygen atoms in total. The van der Waals surface area contributed by atoms with Crippen LogP contribution in [0, 0.1) is 5.41 Å². The minimum Gasteiger partial charge on any atom is -0.368 e. The van der Waals surface area contributed by atoms with E-state index in [-0.39, 0.29) is 42.7 Å². The standard InChI is InChI=1S/C23H32F2N4O2/c24-23(25)9-7-22(8-10-23)16-18(17-22)27-21(31)26-11-6-20(30)29-14-12-28(13-15-29)19-4-2-1-3-5-19/h1-5,18H,6-17H2,(H2,26,27,31). The Morgan fingerprint density at radius 3 is 2.26 bits per heavy atom. The number of anilines is 1. The van der Waals surface area contributed by atoms with Crippen molar-refractivity contribution in [1.29, 1.82) is 0 Å². The lowest BCUT2D eigenvalue weighted by Crippen LogP contribution is -2.55. The predicted octanol–water partition coefficient (Wildman–Crippen LogP) is 3.38. The van der Waals surface area contributed by atoms with Gasteiger partial charge in [-0.25, -0.2) is 13.6 Å². The monoisotopic (exact) mass is 434 g/mol. The molecular weight excluding hydrogens is 402 g/mol. The average molecular weight is 435 g/mol. The number of benzene rings is 1. The van der Waals surface area contributed by atoms with Gasteiger partial charge in [-0.1, -0.05) is 18.2 Å². The summed E-state index contributed by atoms with van der Waals surface area (Å²) in [6.45, 7) is 3.28. The molecule has 3 amide bonds. The quantitative estimate of drug-likeness (QED) is 0.747. The van der Waals surface area contributed by atoms with Gasteiger partial charge in [-0.15, -0.1) is 0 Å². The van der Waals surface area contributed by atoms with Crippen molar-refractivity contribution in [3.8, 4) is 0 Å². The number of halogens is 2. The summed E-state index contributed by atoms with van der Waals surface area (Å²) in [7, 11) is 0. The topological polar surface area (TPSA) is 64.7 Å². The first-order valence-corrected chi connectivity index (χ1v) is 11.3. The number of carbonyl (C=O) groups is 2. The second-order valence-electron chi connectivity index (χ2n) is 9.31. The molecule has 3 fully saturated rings. The summed E-state index contributed by atoms with van der Waals surface area (Å²) in [5, 5.41) is 5.68. The maximum absolute atomic E-state index is 13.3. The first kappa shape index (κ1) is 21.8. The van der Waals surface area contributed by atoms with Gasteiger partial charge in [0.05, 0.1) is 0 Å². The third-order valence-electron chi connectivity index (χ3n) is 7.11. The highest BCUT2D eigenvalue weighted by molar-refractivity contribution is 5.78. The van der Waals surface area contributed by atoms with E-state index in [0.29, 0.717) is 32.5 Å². The minimum atomic E-state index is -2.51. The van der Waals surface area contributed by atoms with Crippen LogP contribution in [-0.4, -0.2) is 61.5 Å². The number of carbonyl (C=O) groups excluding carboxylic acids is 2. The molecule has 0 bridgehead atoms. The van der Waals surface area contributed by atoms with E-state index in [1.54, 1.807) is 0 Å². The minimum absolute atomic E-state index is 0.00249. The van der Waals surface area contributed by atoms with Gasteiger partial charge in [0.2, 0.25) is 11.8 Å². The molecule has 2 saturated carbocycles. The van der Waals surface area contributed by atoms with Crippen LogP contribution in [0.4, 0.5) is 19.3 Å². The fraction of sp³-hybridized carbons (Fsp3) is 0.652. The number of amides is 3. The van der Waals surface area contributed by atoms with Crippen molar-refractivity contribution in [3.05, 3.63) is 30.3 Å². The van der Waals surface area contributed by atoms with Gasteiger partial charge in [0.25, 0.3) is 0 Å². The zero-order chi connectivity index (χ0) is 21.9. The molecule has 1 aliphatic heterocycles. The Bertz CT molecular complexity index is 763. The second kappa shape index (κ2) is 9.01. The van der Waals surface area contributed by atoms with Gasteiger partial charge in [0, 0.05) is 63.7 Å². The molecule has 0 atom stereocenters. The SMILES string of the molecule is O=C(NCCC(=O)N1CCN(c2ccccc2)CC1)NC1CC2(CCC(F)(F)CC2)C1. The van der Waals surface area contributed by atoms with E-state index in [9.17, 15) is 18.4 Å². The largest absolute Gasteiger partial charge is 0.368 e. The van der Waals surface area contributed by atoms with Crippen LogP contribution in [0.5, 0.6) is 0 Å². The van der Waals surface area contributed by atoms with Crippen molar-refractivity contribution in [2.24, 2.45) is 5.41 Å². The average Bonchev–Trinajstić information content (AvgIpc) is 2.75. The van der Waals surface area contributed by atoms with Crippen LogP contribution in [-0.2, 0) is 4.79 Å². The Labute approximate surface area is 182 Å². The lowest BCUT2D eigenvalue weighted by atomic mass is 9.58. The number of para-hydroxylation sites is 1. The zero-order valence-corrected chi connectivity index (χ0v) is 17.9. The van der Waals surface area contributed by atoms with Crippen LogP contribution in [0.3, 0.4) is 0 Å². The normalized spacial score (nSPS) is 22.6. The van der Waals surface area contributed by atoms with Crippen LogP contribution in [0.25, 0.3) is 0 Å². The Kier molecular flexibility index (Phi) is 6.34. The Morgan fingerprint density at radius 2 is 1.61 bits per heavy atom. The highest BCUT2D eigenvalue weighted by atomic mass is 19.3. The van der Waals surface area contributed by atoms with Gasteiger partial charge in [0.15, 0.2) is 0 Å². The third kappa shape index (κ3) is 5.46. The second-order valence-corrected chi connectivity index (χ2v) is 9.31. The first-order valence-electron chi connectivity index (χ1n) is 11.3. The molecule has 2 N–H and O–H groups in total. The summed E-state index contributed by atoms with van der Waals surface area (Å²) in [4.78, 5) is 28.7. The number of hydrogen-bond donors (Lipinski definition) is 2. The molecule has 1 aromatic carbocycles. The molecular formula is C23H32F2N4O2. The van der Waals surface area contributed by atoms with E-state index < -0.39 is 5.92 Å². The van der Waals surface area contributed by atoms with E-state index in [1.807, 2.05) is 23.1 Å². The first-order chi connectivity index (χ1) is 14.8. The highest BCUT2D eigenvalue weighted by Gasteiger charge is 2.50. The van der Waals surface area contributed by atoms with E-state index in [2.05, 4.69) is 27.7 Å². The molecule has 1 spiro atoms. The number of hydrogen-bond acceptors (Lipinski definition) is 3. The number of urea groups is 1. The van der Waals surface area contributed by atoms with Crippen molar-refractivity contribution in [2.75, 3.05) is 37.6 Å². The number of piperazine rings is 1. The van der Waals surface area contributed by atoms with Gasteiger partial charge in [-0.2, -0.15) is 0 Å². The lowest BCUT2D eigenvalue weighted by Gasteiger charge is -2.51. The van der Waals surface area contributed by atoms with Crippen LogP contribution in [0.1, 0.15) is 44.9 Å². The van der Waals surface area contributed by atoms with Crippen molar-refractivity contribution >= 4 is 17.6 Å². The fourth-order valence-electron chi connectivity index (χ4n) is 5.17. The number of alkyl halides is 2. The zero-order valence-electron chi connectivity index (χ0n) is 17.9. The van der Waals surface area contributed by atoms with Crippen LogP contribution < -0.4 is 15.5 Å². The van der Waals surface area contributed by atoms with E-state index in [4.69, 9.17) is 0 Å². The number of rotatable bonds is 5. The molecule has 0 radical (unpaired) electrons. The smallest absolute Gasteiger partial charge is 0.315 e. The highest BCUT2D eigenvalue weighted by Crippen LogP contribution is 2.54. The Morgan fingerprint density at radius 1 is 0.968 bits per heavy atom. The summed E-state index contributed by atoms with van der Waals surface area (Å²) in [6.07, 6.45) is 2.86. The Hall–Kier alpha value is -2.38. The molecule has 1 aromatic rings. The van der Waals surface area contributed by atoms with Crippen molar-refractivity contribution in [2.45, 2.75) is 56.9 Å². The van der Waals surface area contributed by atoms with Crippen molar-refractivity contribution in [1.82, 2.24) is 15.5 Å². The number of nitrogens with one attached hydrogen (secondary N) is 2. The fourth-order valence-corrected chi connectivity index (χ4v) is 5.17. The molecule has 3 aliphatic rings. The third-order valence-corrected chi connectivity index (χ3v) is 7.11. The number of nitrogens with zero attached hydrogens (tertiary/aromatic N) is 2. The van der Waals surface area contributed by atoms with Crippen molar-refractivity contribution in [3.63, 3.8) is 0 Å². The molecule has 0 unspecified atom stereocenters. The maximum Gasteiger partial charge on any atom is 0.315 e. The predicted molar refractivity (Wildman–Crippen MR) is 115 cm³/mol. The molecule has 1 saturated heterocycles. The van der Waals surface area contributed by atoms with Crippen LogP contribution in [0.15, 0.2) is 30.3 Å². The lowest BCUT2D eigenvalue weighted by molar-refractivity contribution is -0.131. The molecule has 0 aromatic heterocycles. The summed E-state index contributed by atoms with van der Waals surface area (Å²) in [6, 6.07) is 9.95. The Balaban J connectivity index is 1.09. The van der Waals surface area contributed by atoms with Gasteiger partial charge >= 0.3 is 6.03 Å². The van der Waals surface area contributed by atoms with Crippen LogP contribution in [0.2, 0.25) is 0 Å². The van der Waals surface area contributed by atoms with Crippen molar-refractivity contribution < 1.29 is 18.4 Å². The summed E-state index contributed by atoms with van der Waals surface area (Å²) in [5.74, 6) is -2.46. The molecule has 1 heterocycles. The van der Waals surface area contributed by atoms with E-state index >= 15 is 0 Å².